The number of hydrogen-bond donors (Lipinski definition) is 3. The summed E-state index contributed by atoms with van der Waals surface area (Å²) in [6, 6.07) is 24.8. The van der Waals surface area contributed by atoms with Crippen molar-refractivity contribution in [3.63, 3.8) is 0 Å². The van der Waals surface area contributed by atoms with Crippen molar-refractivity contribution in [2.24, 2.45) is 0 Å². The molecule has 0 aliphatic heterocycles. The van der Waals surface area contributed by atoms with Crippen molar-refractivity contribution in [1.29, 1.82) is 0 Å². The van der Waals surface area contributed by atoms with Gasteiger partial charge in [-0.1, -0.05) is 125 Å². The van der Waals surface area contributed by atoms with Crippen LogP contribution in [-0.4, -0.2) is 34.1 Å². The largest absolute Gasteiger partial charge is 0.506 e. The lowest BCUT2D eigenvalue weighted by Crippen LogP contribution is -2.28. The molecule has 0 aliphatic rings. The Hall–Kier alpha value is -4.85. The Labute approximate surface area is 283 Å². The number of carbonyl (C=O) groups excluding carboxylic acids is 2. The molecule has 0 saturated carbocycles. The maximum atomic E-state index is 13.5. The van der Waals surface area contributed by atoms with E-state index < -0.39 is 18.0 Å². The number of anilines is 2. The second-order valence-electron chi connectivity index (χ2n) is 12.3. The van der Waals surface area contributed by atoms with Crippen molar-refractivity contribution in [3.8, 4) is 11.5 Å². The first-order valence-corrected chi connectivity index (χ1v) is 17.2. The number of phenols is 1. The molecule has 4 aromatic rings. The number of benzene rings is 4. The van der Waals surface area contributed by atoms with Crippen LogP contribution in [-0.2, 0) is 16.1 Å². The van der Waals surface area contributed by atoms with Gasteiger partial charge in [0.2, 0.25) is 5.91 Å². The molecule has 48 heavy (non-hydrogen) atoms. The quantitative estimate of drug-likeness (QED) is 0.0869. The van der Waals surface area contributed by atoms with Crippen LogP contribution >= 0.6 is 0 Å². The van der Waals surface area contributed by atoms with Gasteiger partial charge in [-0.2, -0.15) is 0 Å². The second kappa shape index (κ2) is 18.5. The molecule has 1 atom stereocenters. The van der Waals surface area contributed by atoms with E-state index in [-0.39, 0.29) is 23.0 Å². The fourth-order valence-corrected chi connectivity index (χ4v) is 5.94. The van der Waals surface area contributed by atoms with Gasteiger partial charge in [-0.05, 0) is 42.7 Å². The zero-order valence-electron chi connectivity index (χ0n) is 28.1. The summed E-state index contributed by atoms with van der Waals surface area (Å²) >= 11 is 0. The highest BCUT2D eigenvalue weighted by atomic mass is 16.5. The summed E-state index contributed by atoms with van der Waals surface area (Å²) in [5, 5.41) is 25.0. The Balaban J connectivity index is 1.42. The number of nitrogens with one attached hydrogen (secondary N) is 1. The lowest BCUT2D eigenvalue weighted by molar-refractivity contribution is -0.145. The molecule has 0 spiro atoms. The van der Waals surface area contributed by atoms with E-state index in [1.165, 1.54) is 51.5 Å². The predicted octanol–water partition coefficient (Wildman–Crippen LogP) is 9.49. The summed E-state index contributed by atoms with van der Waals surface area (Å²) in [5.74, 6) is -1.77. The molecule has 8 heteroatoms. The first-order chi connectivity index (χ1) is 23.3. The van der Waals surface area contributed by atoms with Gasteiger partial charge in [0.1, 0.15) is 11.5 Å². The normalized spacial score (nSPS) is 11.6. The van der Waals surface area contributed by atoms with Crippen LogP contribution in [0.2, 0.25) is 0 Å². The van der Waals surface area contributed by atoms with Crippen molar-refractivity contribution in [2.45, 2.75) is 97.1 Å². The molecule has 254 valence electrons. The minimum absolute atomic E-state index is 0.0343. The van der Waals surface area contributed by atoms with Gasteiger partial charge in [0.05, 0.1) is 23.5 Å². The zero-order valence-corrected chi connectivity index (χ0v) is 28.1. The summed E-state index contributed by atoms with van der Waals surface area (Å²) < 4.78 is 5.93. The summed E-state index contributed by atoms with van der Waals surface area (Å²) in [5.41, 5.74) is 1.91. The summed E-state index contributed by atoms with van der Waals surface area (Å²) in [6.45, 7) is 4.07. The predicted molar refractivity (Wildman–Crippen MR) is 192 cm³/mol. The van der Waals surface area contributed by atoms with Crippen molar-refractivity contribution in [3.05, 3.63) is 96.1 Å². The van der Waals surface area contributed by atoms with Crippen LogP contribution in [0.25, 0.3) is 10.8 Å². The lowest BCUT2D eigenvalue weighted by atomic mass is 10.0. The van der Waals surface area contributed by atoms with Crippen LogP contribution < -0.4 is 15.0 Å². The highest BCUT2D eigenvalue weighted by Crippen LogP contribution is 2.36. The van der Waals surface area contributed by atoms with Crippen molar-refractivity contribution < 1.29 is 29.3 Å². The zero-order chi connectivity index (χ0) is 34.3. The number of carboxylic acids is 1. The van der Waals surface area contributed by atoms with Crippen molar-refractivity contribution in [1.82, 2.24) is 0 Å². The Bertz CT molecular complexity index is 1650. The van der Waals surface area contributed by atoms with Crippen molar-refractivity contribution in [2.75, 3.05) is 10.2 Å². The number of ether oxygens (including phenoxy) is 1. The van der Waals surface area contributed by atoms with E-state index in [9.17, 15) is 24.6 Å². The lowest BCUT2D eigenvalue weighted by Gasteiger charge is -2.23. The van der Waals surface area contributed by atoms with Crippen LogP contribution in [0, 0.1) is 0 Å². The van der Waals surface area contributed by atoms with E-state index >= 15 is 0 Å². The molecular weight excluding hydrogens is 604 g/mol. The number of carbonyl (C=O) groups is 3. The fraction of sp³-hybridized carbons (Fsp3) is 0.375. The third kappa shape index (κ3) is 10.1. The molecule has 0 aromatic heterocycles. The van der Waals surface area contributed by atoms with Gasteiger partial charge in [-0.15, -0.1) is 0 Å². The number of aliphatic carboxylic acids is 1. The highest BCUT2D eigenvalue weighted by Gasteiger charge is 2.23. The van der Waals surface area contributed by atoms with E-state index in [0.29, 0.717) is 35.1 Å². The van der Waals surface area contributed by atoms with Gasteiger partial charge >= 0.3 is 5.97 Å². The molecule has 3 N–H and O–H groups in total. The standard InChI is InChI=1S/C40H48N2O6/c1-3-4-5-6-7-8-9-10-11-15-25-37(40(46)47)48-36-24-17-16-22-34(36)41-39(45)33-27-26-31-32(38(33)44)21-18-23-35(31)42(29(2)43)28-30-19-13-12-14-20-30/h12-14,16-24,26-27,37,44H,3-11,15,25,28H2,1-2H3,(H,41,45)(H,46,47). The first-order valence-electron chi connectivity index (χ1n) is 17.2. The Kier molecular flexibility index (Phi) is 13.9. The average molecular weight is 653 g/mol. The SMILES string of the molecule is CCCCCCCCCCCCC(Oc1ccccc1NC(=O)c1ccc2c(N(Cc3ccccc3)C(C)=O)cccc2c1O)C(=O)O. The van der Waals surface area contributed by atoms with Gasteiger partial charge in [0, 0.05) is 17.7 Å². The van der Waals surface area contributed by atoms with Gasteiger partial charge in [-0.25, -0.2) is 4.79 Å². The van der Waals surface area contributed by atoms with Crippen molar-refractivity contribution >= 4 is 39.9 Å². The summed E-state index contributed by atoms with van der Waals surface area (Å²) in [6.07, 6.45) is 10.8. The van der Waals surface area contributed by atoms with Crippen LogP contribution in [0.4, 0.5) is 11.4 Å². The molecule has 8 nitrogen and oxygen atoms in total. The van der Waals surface area contributed by atoms with Gasteiger partial charge in [-0.3, -0.25) is 9.59 Å². The van der Waals surface area contributed by atoms with E-state index in [0.717, 1.165) is 31.2 Å². The second-order valence-corrected chi connectivity index (χ2v) is 12.3. The summed E-state index contributed by atoms with van der Waals surface area (Å²) in [7, 11) is 0. The van der Waals surface area contributed by atoms with Gasteiger partial charge < -0.3 is 25.2 Å². The topological polar surface area (TPSA) is 116 Å². The van der Waals surface area contributed by atoms with Crippen LogP contribution in [0.15, 0.2) is 84.9 Å². The molecule has 2 amide bonds. The number of fused-ring (bicyclic) bond motifs is 1. The average Bonchev–Trinajstić information content (AvgIpc) is 3.08. The molecule has 0 bridgehead atoms. The third-order valence-electron chi connectivity index (χ3n) is 8.61. The third-order valence-corrected chi connectivity index (χ3v) is 8.61. The van der Waals surface area contributed by atoms with Crippen LogP contribution in [0.1, 0.15) is 100 Å². The number of amides is 2. The number of aromatic hydroxyl groups is 1. The van der Waals surface area contributed by atoms with E-state index in [4.69, 9.17) is 4.74 Å². The number of carboxylic acid groups (broad SMARTS) is 1. The number of phenolic OH excluding ortho intramolecular Hbond substituents is 1. The molecule has 0 fully saturated rings. The molecule has 4 rings (SSSR count). The molecule has 4 aromatic carbocycles. The molecule has 1 unspecified atom stereocenters. The first kappa shape index (κ1) is 36.0. The van der Waals surface area contributed by atoms with E-state index in [1.54, 1.807) is 47.4 Å². The van der Waals surface area contributed by atoms with Gasteiger partial charge in [0.25, 0.3) is 5.91 Å². The molecule has 0 saturated heterocycles. The number of rotatable bonds is 19. The minimum Gasteiger partial charge on any atom is -0.506 e. The Morgan fingerprint density at radius 3 is 2.06 bits per heavy atom. The maximum Gasteiger partial charge on any atom is 0.344 e. The number of para-hydroxylation sites is 2. The Morgan fingerprint density at radius 2 is 1.40 bits per heavy atom. The minimum atomic E-state index is -1.05. The van der Waals surface area contributed by atoms with E-state index in [2.05, 4.69) is 12.2 Å². The highest BCUT2D eigenvalue weighted by molar-refractivity contribution is 6.13. The number of nitrogens with zero attached hydrogens (tertiary/aromatic N) is 1. The molecule has 0 heterocycles. The fourth-order valence-electron chi connectivity index (χ4n) is 5.94. The van der Waals surface area contributed by atoms with Crippen LogP contribution in [0.3, 0.4) is 0 Å². The van der Waals surface area contributed by atoms with E-state index in [1.807, 2.05) is 36.4 Å². The molecular formula is C40H48N2O6. The molecule has 0 radical (unpaired) electrons. The van der Waals surface area contributed by atoms with Crippen LogP contribution in [0.5, 0.6) is 11.5 Å². The number of unbranched alkanes of at least 4 members (excludes halogenated alkanes) is 9. The monoisotopic (exact) mass is 652 g/mol. The smallest absolute Gasteiger partial charge is 0.344 e. The number of hydrogen-bond acceptors (Lipinski definition) is 5. The summed E-state index contributed by atoms with van der Waals surface area (Å²) in [4.78, 5) is 39.9. The molecule has 0 aliphatic carbocycles. The Morgan fingerprint density at radius 1 is 0.750 bits per heavy atom. The maximum absolute atomic E-state index is 13.5. The van der Waals surface area contributed by atoms with Gasteiger partial charge in [0.15, 0.2) is 6.10 Å².